The van der Waals surface area contributed by atoms with Crippen molar-refractivity contribution in [3.05, 3.63) is 52.6 Å². The quantitative estimate of drug-likeness (QED) is 0.479. The number of likely N-dealkylation sites (tertiary alicyclic amines) is 1. The number of aromatic nitrogens is 2. The number of ketones is 1. The number of fused-ring (bicyclic) bond motifs is 1. The number of benzene rings is 1. The van der Waals surface area contributed by atoms with E-state index in [4.69, 9.17) is 0 Å². The molecule has 1 aliphatic heterocycles. The molecule has 35 heavy (non-hydrogen) atoms. The molecule has 0 bridgehead atoms. The molecule has 5 rings (SSSR count). The Kier molecular flexibility index (Phi) is 6.54. The summed E-state index contributed by atoms with van der Waals surface area (Å²) in [5.41, 5.74) is 0.247. The fraction of sp³-hybridized carbons (Fsp3) is 0.480. The van der Waals surface area contributed by atoms with Crippen molar-refractivity contribution >= 4 is 33.7 Å². The van der Waals surface area contributed by atoms with Crippen LogP contribution in [0.3, 0.4) is 0 Å². The predicted molar refractivity (Wildman–Crippen MR) is 128 cm³/mol. The van der Waals surface area contributed by atoms with Crippen LogP contribution in [0.5, 0.6) is 0 Å². The third kappa shape index (κ3) is 5.19. The van der Waals surface area contributed by atoms with Crippen molar-refractivity contribution in [2.75, 3.05) is 25.0 Å². The Morgan fingerprint density at radius 3 is 2.69 bits per heavy atom. The molecule has 2 N–H and O–H groups in total. The number of thiazole rings is 1. The number of pyridine rings is 1. The SMILES string of the molecule is O=C(CNc1nccc2ccc(C(F)(F)F)cc12)CC1CN(C2CCC(O)(c3cncs3)CC2)C1. The first-order valence-corrected chi connectivity index (χ1v) is 12.7. The van der Waals surface area contributed by atoms with E-state index < -0.39 is 17.3 Å². The summed E-state index contributed by atoms with van der Waals surface area (Å²) in [6, 6.07) is 5.61. The fourth-order valence-corrected chi connectivity index (χ4v) is 6.02. The van der Waals surface area contributed by atoms with Crippen molar-refractivity contribution in [3.8, 4) is 0 Å². The molecule has 0 amide bonds. The van der Waals surface area contributed by atoms with Gasteiger partial charge in [-0.15, -0.1) is 11.3 Å². The van der Waals surface area contributed by atoms with E-state index in [1.807, 2.05) is 0 Å². The van der Waals surface area contributed by atoms with Gasteiger partial charge in [-0.1, -0.05) is 6.07 Å². The van der Waals surface area contributed by atoms with Gasteiger partial charge in [0.05, 0.1) is 22.5 Å². The molecule has 0 atom stereocenters. The molecule has 1 aromatic carbocycles. The van der Waals surface area contributed by atoms with E-state index in [0.29, 0.717) is 23.2 Å². The van der Waals surface area contributed by atoms with Crippen LogP contribution in [0.15, 0.2) is 42.2 Å². The molecule has 1 saturated carbocycles. The Balaban J connectivity index is 1.10. The van der Waals surface area contributed by atoms with Crippen LogP contribution in [0.2, 0.25) is 0 Å². The summed E-state index contributed by atoms with van der Waals surface area (Å²) in [5.74, 6) is 0.584. The van der Waals surface area contributed by atoms with Gasteiger partial charge in [0, 0.05) is 43.3 Å². The van der Waals surface area contributed by atoms with Gasteiger partial charge < -0.3 is 10.4 Å². The molecule has 2 aromatic heterocycles. The van der Waals surface area contributed by atoms with Crippen LogP contribution in [0.25, 0.3) is 10.8 Å². The maximum Gasteiger partial charge on any atom is 0.416 e. The summed E-state index contributed by atoms with van der Waals surface area (Å²) in [4.78, 5) is 24.1. The standard InChI is InChI=1S/C25H27F3N4O2S/c26-25(27,28)18-2-1-17-5-8-30-23(21(17)10-18)31-11-20(33)9-16-13-32(14-16)19-3-6-24(34,7-4-19)22-12-29-15-35-22/h1-2,5,8,10,12,15-16,19,34H,3-4,6-7,9,11,13-14H2,(H,30,31). The second kappa shape index (κ2) is 9.48. The van der Waals surface area contributed by atoms with Crippen LogP contribution in [-0.4, -0.2) is 51.4 Å². The second-order valence-corrected chi connectivity index (χ2v) is 10.5. The van der Waals surface area contributed by atoms with Crippen molar-refractivity contribution in [1.29, 1.82) is 0 Å². The molecule has 3 heterocycles. The number of rotatable bonds is 7. The lowest BCUT2D eigenvalue weighted by atomic mass is 9.79. The van der Waals surface area contributed by atoms with E-state index in [1.54, 1.807) is 17.8 Å². The van der Waals surface area contributed by atoms with Crippen LogP contribution in [-0.2, 0) is 16.6 Å². The minimum atomic E-state index is -4.44. The number of hydrogen-bond acceptors (Lipinski definition) is 7. The Morgan fingerprint density at radius 1 is 1.23 bits per heavy atom. The number of nitrogens with zero attached hydrogens (tertiary/aromatic N) is 3. The van der Waals surface area contributed by atoms with E-state index >= 15 is 0 Å². The lowest BCUT2D eigenvalue weighted by Crippen LogP contribution is -2.54. The number of aliphatic hydroxyl groups is 1. The lowest BCUT2D eigenvalue weighted by molar-refractivity contribution is -0.137. The molecule has 0 radical (unpaired) electrons. The number of halogens is 3. The summed E-state index contributed by atoms with van der Waals surface area (Å²) in [5, 5.41) is 14.8. The summed E-state index contributed by atoms with van der Waals surface area (Å²) in [7, 11) is 0. The Morgan fingerprint density at radius 2 is 2.00 bits per heavy atom. The van der Waals surface area contributed by atoms with Crippen LogP contribution in [0.1, 0.15) is 42.5 Å². The Labute approximate surface area is 205 Å². The highest BCUT2D eigenvalue weighted by Crippen LogP contribution is 2.41. The predicted octanol–water partition coefficient (Wildman–Crippen LogP) is 4.84. The van der Waals surface area contributed by atoms with E-state index in [2.05, 4.69) is 20.2 Å². The van der Waals surface area contributed by atoms with Gasteiger partial charge in [-0.05, 0) is 55.2 Å². The molecule has 10 heteroatoms. The van der Waals surface area contributed by atoms with Gasteiger partial charge >= 0.3 is 6.18 Å². The summed E-state index contributed by atoms with van der Waals surface area (Å²) in [6.07, 6.45) is 2.55. The van der Waals surface area contributed by atoms with E-state index in [-0.39, 0.29) is 24.1 Å². The van der Waals surface area contributed by atoms with Crippen LogP contribution in [0, 0.1) is 5.92 Å². The molecule has 0 spiro atoms. The van der Waals surface area contributed by atoms with Crippen molar-refractivity contribution in [1.82, 2.24) is 14.9 Å². The topological polar surface area (TPSA) is 78.4 Å². The normalized spacial score (nSPS) is 23.8. The first-order valence-electron chi connectivity index (χ1n) is 11.8. The minimum absolute atomic E-state index is 0.0173. The molecule has 2 aliphatic rings. The molecule has 186 valence electrons. The maximum absolute atomic E-state index is 13.1. The lowest BCUT2D eigenvalue weighted by Gasteiger charge is -2.48. The molecule has 0 unspecified atom stereocenters. The Bertz CT molecular complexity index is 1190. The second-order valence-electron chi connectivity index (χ2n) is 9.64. The van der Waals surface area contributed by atoms with E-state index in [1.165, 1.54) is 23.6 Å². The van der Waals surface area contributed by atoms with Crippen molar-refractivity contribution in [3.63, 3.8) is 0 Å². The van der Waals surface area contributed by atoms with E-state index in [0.717, 1.165) is 55.8 Å². The van der Waals surface area contributed by atoms with Crippen LogP contribution < -0.4 is 5.32 Å². The summed E-state index contributed by atoms with van der Waals surface area (Å²) in [6.45, 7) is 1.75. The molecule has 3 aromatic rings. The minimum Gasteiger partial charge on any atom is -0.384 e. The van der Waals surface area contributed by atoms with Gasteiger partial charge in [0.1, 0.15) is 11.4 Å². The molecule has 1 saturated heterocycles. The monoisotopic (exact) mass is 504 g/mol. The number of Topliss-reactive ketones (excluding diaryl/α,β-unsaturated/α-hetero) is 1. The van der Waals surface area contributed by atoms with Crippen molar-refractivity contribution in [2.24, 2.45) is 5.92 Å². The highest BCUT2D eigenvalue weighted by atomic mass is 32.1. The molecular weight excluding hydrogens is 477 g/mol. The zero-order valence-corrected chi connectivity index (χ0v) is 19.9. The van der Waals surface area contributed by atoms with Gasteiger partial charge in [-0.3, -0.25) is 14.7 Å². The zero-order chi connectivity index (χ0) is 24.6. The summed E-state index contributed by atoms with van der Waals surface area (Å²) >= 11 is 1.50. The number of carbonyl (C=O) groups is 1. The molecule has 2 fully saturated rings. The van der Waals surface area contributed by atoms with Gasteiger partial charge in [0.25, 0.3) is 0 Å². The third-order valence-electron chi connectivity index (χ3n) is 7.24. The first-order chi connectivity index (χ1) is 16.7. The van der Waals surface area contributed by atoms with Gasteiger partial charge in [-0.25, -0.2) is 4.98 Å². The van der Waals surface area contributed by atoms with Gasteiger partial charge in [0.15, 0.2) is 5.78 Å². The average molecular weight is 505 g/mol. The molecule has 1 aliphatic carbocycles. The van der Waals surface area contributed by atoms with Gasteiger partial charge in [-0.2, -0.15) is 13.2 Å². The first kappa shape index (κ1) is 24.1. The number of nitrogens with one attached hydrogen (secondary N) is 1. The Hall–Kier alpha value is -2.56. The van der Waals surface area contributed by atoms with Crippen LogP contribution >= 0.6 is 11.3 Å². The number of hydrogen-bond donors (Lipinski definition) is 2. The smallest absolute Gasteiger partial charge is 0.384 e. The van der Waals surface area contributed by atoms with Crippen molar-refractivity contribution < 1.29 is 23.1 Å². The fourth-order valence-electron chi connectivity index (χ4n) is 5.24. The highest BCUT2D eigenvalue weighted by Gasteiger charge is 2.41. The van der Waals surface area contributed by atoms with Gasteiger partial charge in [0.2, 0.25) is 0 Å². The highest BCUT2D eigenvalue weighted by molar-refractivity contribution is 7.09. The number of carbonyl (C=O) groups excluding carboxylic acids is 1. The van der Waals surface area contributed by atoms with Crippen LogP contribution in [0.4, 0.5) is 19.0 Å². The molecule has 6 nitrogen and oxygen atoms in total. The maximum atomic E-state index is 13.1. The number of alkyl halides is 3. The zero-order valence-electron chi connectivity index (χ0n) is 19.1. The summed E-state index contributed by atoms with van der Waals surface area (Å²) < 4.78 is 39.3. The van der Waals surface area contributed by atoms with Crippen molar-refractivity contribution in [2.45, 2.75) is 49.9 Å². The van der Waals surface area contributed by atoms with E-state index in [9.17, 15) is 23.1 Å². The number of anilines is 1. The average Bonchev–Trinajstić information content (AvgIpc) is 3.36. The third-order valence-corrected chi connectivity index (χ3v) is 8.20. The largest absolute Gasteiger partial charge is 0.416 e. The molecular formula is C25H27F3N4O2S.